The Hall–Kier alpha value is -4.37. The van der Waals surface area contributed by atoms with Crippen LogP contribution in [-0.2, 0) is 9.53 Å². The van der Waals surface area contributed by atoms with Crippen LogP contribution in [0.25, 0.3) is 16.8 Å². The Morgan fingerprint density at radius 3 is 2.74 bits per heavy atom. The summed E-state index contributed by atoms with van der Waals surface area (Å²) in [5, 5.41) is 2.02. The van der Waals surface area contributed by atoms with Gasteiger partial charge in [-0.15, -0.1) is 0 Å². The predicted molar refractivity (Wildman–Crippen MR) is 148 cm³/mol. The number of carbonyl (C=O) groups is 1. The first kappa shape index (κ1) is 24.9. The number of nitrogens with zero attached hydrogens (tertiary/aromatic N) is 2. The third kappa shape index (κ3) is 4.28. The summed E-state index contributed by atoms with van der Waals surface area (Å²) >= 11 is 1.28. The van der Waals surface area contributed by atoms with Gasteiger partial charge in [-0.1, -0.05) is 47.7 Å². The molecule has 3 aromatic carbocycles. The first-order valence-electron chi connectivity index (χ1n) is 12.7. The normalized spacial score (nSPS) is 16.3. The molecule has 0 saturated heterocycles. The molecule has 0 radical (unpaired) electrons. The van der Waals surface area contributed by atoms with Crippen LogP contribution in [0.5, 0.6) is 17.2 Å². The van der Waals surface area contributed by atoms with Crippen LogP contribution in [-0.4, -0.2) is 30.5 Å². The molecule has 3 heterocycles. The summed E-state index contributed by atoms with van der Waals surface area (Å²) in [4.78, 5) is 32.4. The summed E-state index contributed by atoms with van der Waals surface area (Å²) in [7, 11) is 0. The highest BCUT2D eigenvalue weighted by Crippen LogP contribution is 2.38. The van der Waals surface area contributed by atoms with E-state index in [-0.39, 0.29) is 19.0 Å². The van der Waals surface area contributed by atoms with Crippen LogP contribution in [0, 0.1) is 0 Å². The van der Waals surface area contributed by atoms with Crippen LogP contribution in [0.3, 0.4) is 0 Å². The Bertz CT molecular complexity index is 1830. The lowest BCUT2D eigenvalue weighted by molar-refractivity contribution is -0.139. The SMILES string of the molecule is CCOC(=O)C1=C(C)N=c2s/c(=C/c3c(OCC)ccc4ccccc34)c(=O)n2[C@@H]1c1ccc2c(c1)OCO2. The number of esters is 1. The van der Waals surface area contributed by atoms with Gasteiger partial charge in [0.05, 0.1) is 35.1 Å². The fraction of sp³-hybridized carbons (Fsp3) is 0.233. The molecule has 8 nitrogen and oxygen atoms in total. The Morgan fingerprint density at radius 1 is 1.10 bits per heavy atom. The number of hydrogen-bond acceptors (Lipinski definition) is 8. The Labute approximate surface area is 228 Å². The second-order valence-electron chi connectivity index (χ2n) is 9.05. The van der Waals surface area contributed by atoms with E-state index in [0.717, 1.165) is 16.3 Å². The van der Waals surface area contributed by atoms with Crippen molar-refractivity contribution in [2.24, 2.45) is 4.99 Å². The van der Waals surface area contributed by atoms with E-state index in [1.165, 1.54) is 11.3 Å². The van der Waals surface area contributed by atoms with Crippen LogP contribution < -0.4 is 29.1 Å². The molecule has 0 spiro atoms. The highest BCUT2D eigenvalue weighted by Gasteiger charge is 2.34. The van der Waals surface area contributed by atoms with E-state index in [1.807, 2.05) is 55.5 Å². The number of carbonyl (C=O) groups excluding carboxylic acids is 1. The summed E-state index contributed by atoms with van der Waals surface area (Å²) < 4.78 is 24.4. The van der Waals surface area contributed by atoms with Crippen LogP contribution in [0.2, 0.25) is 0 Å². The van der Waals surface area contributed by atoms with Crippen molar-refractivity contribution >= 4 is 34.2 Å². The Morgan fingerprint density at radius 2 is 1.92 bits per heavy atom. The third-order valence-electron chi connectivity index (χ3n) is 6.74. The number of allylic oxidation sites excluding steroid dienone is 1. The number of benzene rings is 3. The second kappa shape index (κ2) is 10.1. The van der Waals surface area contributed by atoms with E-state index in [2.05, 4.69) is 4.99 Å². The third-order valence-corrected chi connectivity index (χ3v) is 7.72. The molecule has 39 heavy (non-hydrogen) atoms. The zero-order valence-corrected chi connectivity index (χ0v) is 22.5. The van der Waals surface area contributed by atoms with Crippen molar-refractivity contribution in [3.8, 4) is 17.2 Å². The maximum atomic E-state index is 14.1. The van der Waals surface area contributed by atoms with Crippen molar-refractivity contribution < 1.29 is 23.7 Å². The quantitative estimate of drug-likeness (QED) is 0.341. The van der Waals surface area contributed by atoms with Gasteiger partial charge in [0, 0.05) is 5.56 Å². The molecular formula is C30H26N2O6S. The number of rotatable bonds is 6. The highest BCUT2D eigenvalue weighted by molar-refractivity contribution is 7.07. The van der Waals surface area contributed by atoms with Gasteiger partial charge in [-0.05, 0) is 61.4 Å². The van der Waals surface area contributed by atoms with Crippen molar-refractivity contribution in [2.75, 3.05) is 20.0 Å². The van der Waals surface area contributed by atoms with Crippen LogP contribution >= 0.6 is 11.3 Å². The molecule has 1 atom stereocenters. The summed E-state index contributed by atoms with van der Waals surface area (Å²) in [6.07, 6.45) is 1.86. The van der Waals surface area contributed by atoms with Crippen LogP contribution in [0.4, 0.5) is 0 Å². The summed E-state index contributed by atoms with van der Waals surface area (Å²) in [6, 6.07) is 16.6. The lowest BCUT2D eigenvalue weighted by Gasteiger charge is -2.24. The number of fused-ring (bicyclic) bond motifs is 3. The number of aromatic nitrogens is 1. The maximum absolute atomic E-state index is 14.1. The number of ether oxygens (including phenoxy) is 4. The largest absolute Gasteiger partial charge is 0.493 e. The van der Waals surface area contributed by atoms with Crippen molar-refractivity contribution in [1.29, 1.82) is 0 Å². The fourth-order valence-corrected chi connectivity index (χ4v) is 6.06. The summed E-state index contributed by atoms with van der Waals surface area (Å²) in [5.74, 6) is 1.36. The average Bonchev–Trinajstić information content (AvgIpc) is 3.53. The predicted octanol–water partition coefficient (Wildman–Crippen LogP) is 4.08. The maximum Gasteiger partial charge on any atom is 0.338 e. The summed E-state index contributed by atoms with van der Waals surface area (Å²) in [6.45, 7) is 6.26. The minimum atomic E-state index is -0.740. The minimum absolute atomic E-state index is 0.119. The van der Waals surface area contributed by atoms with E-state index in [9.17, 15) is 9.59 Å². The topological polar surface area (TPSA) is 88.4 Å². The van der Waals surface area contributed by atoms with E-state index >= 15 is 0 Å². The zero-order valence-electron chi connectivity index (χ0n) is 21.7. The van der Waals surface area contributed by atoms with E-state index < -0.39 is 12.0 Å². The van der Waals surface area contributed by atoms with Gasteiger partial charge >= 0.3 is 5.97 Å². The van der Waals surface area contributed by atoms with Crippen molar-refractivity contribution in [3.63, 3.8) is 0 Å². The second-order valence-corrected chi connectivity index (χ2v) is 10.1. The molecule has 0 fully saturated rings. The molecule has 2 aliphatic rings. The molecule has 4 aromatic rings. The van der Waals surface area contributed by atoms with Crippen LogP contribution in [0.1, 0.15) is 37.9 Å². The Kier molecular flexibility index (Phi) is 6.44. The van der Waals surface area contributed by atoms with Gasteiger partial charge < -0.3 is 18.9 Å². The van der Waals surface area contributed by atoms with Gasteiger partial charge in [0.1, 0.15) is 5.75 Å². The lowest BCUT2D eigenvalue weighted by Crippen LogP contribution is -2.39. The molecular weight excluding hydrogens is 516 g/mol. The van der Waals surface area contributed by atoms with Crippen molar-refractivity contribution in [1.82, 2.24) is 4.57 Å². The van der Waals surface area contributed by atoms with Gasteiger partial charge in [-0.2, -0.15) is 0 Å². The van der Waals surface area contributed by atoms with Gasteiger partial charge in [0.25, 0.3) is 5.56 Å². The van der Waals surface area contributed by atoms with E-state index in [4.69, 9.17) is 18.9 Å². The molecule has 2 aliphatic heterocycles. The number of thiazole rings is 1. The van der Waals surface area contributed by atoms with E-state index in [1.54, 1.807) is 30.5 Å². The molecule has 9 heteroatoms. The molecule has 0 amide bonds. The van der Waals surface area contributed by atoms with Gasteiger partial charge in [0.15, 0.2) is 16.3 Å². The molecule has 0 bridgehead atoms. The first-order valence-corrected chi connectivity index (χ1v) is 13.6. The molecule has 0 aliphatic carbocycles. The average molecular weight is 543 g/mol. The molecule has 1 aromatic heterocycles. The van der Waals surface area contributed by atoms with E-state index in [0.29, 0.717) is 50.0 Å². The monoisotopic (exact) mass is 542 g/mol. The lowest BCUT2D eigenvalue weighted by atomic mass is 9.95. The van der Waals surface area contributed by atoms with Gasteiger partial charge in [0.2, 0.25) is 6.79 Å². The summed E-state index contributed by atoms with van der Waals surface area (Å²) in [5.41, 5.74) is 2.08. The smallest absolute Gasteiger partial charge is 0.338 e. The van der Waals surface area contributed by atoms with Crippen molar-refractivity contribution in [2.45, 2.75) is 26.8 Å². The zero-order chi connectivity index (χ0) is 27.1. The fourth-order valence-electron chi connectivity index (χ4n) is 5.03. The van der Waals surface area contributed by atoms with Crippen molar-refractivity contribution in [3.05, 3.63) is 96.7 Å². The standard InChI is InChI=1S/C30H26N2O6S/c1-4-35-22-12-10-18-8-6-7-9-20(18)21(22)15-25-28(33)32-27(19-11-13-23-24(14-19)38-16-37-23)26(29(34)36-5-2)17(3)31-30(32)39-25/h6-15,27H,4-5,16H2,1-3H3/b25-15+/t27-/m1/s1. The minimum Gasteiger partial charge on any atom is -0.493 e. The highest BCUT2D eigenvalue weighted by atomic mass is 32.1. The molecule has 6 rings (SSSR count). The number of hydrogen-bond donors (Lipinski definition) is 0. The molecule has 0 N–H and O–H groups in total. The first-order chi connectivity index (χ1) is 19.0. The van der Waals surface area contributed by atoms with Gasteiger partial charge in [-0.25, -0.2) is 9.79 Å². The van der Waals surface area contributed by atoms with Crippen LogP contribution in [0.15, 0.2) is 75.7 Å². The Balaban J connectivity index is 1.59. The molecule has 0 unspecified atom stereocenters. The van der Waals surface area contributed by atoms with Gasteiger partial charge in [-0.3, -0.25) is 9.36 Å². The molecule has 198 valence electrons. The molecule has 0 saturated carbocycles.